The lowest BCUT2D eigenvalue weighted by Crippen LogP contribution is -2.31. The molecular formula is C13H18N2O3. The SMILES string of the molecule is O=C(O)CCC(=O)NCCNCc1ccccc1. The lowest BCUT2D eigenvalue weighted by Gasteiger charge is -2.06. The van der Waals surface area contributed by atoms with Gasteiger partial charge in [0.15, 0.2) is 0 Å². The van der Waals surface area contributed by atoms with Crippen LogP contribution in [0.5, 0.6) is 0 Å². The number of nitrogens with one attached hydrogen (secondary N) is 2. The van der Waals surface area contributed by atoms with Crippen molar-refractivity contribution in [1.82, 2.24) is 10.6 Å². The average Bonchev–Trinajstić information content (AvgIpc) is 2.37. The van der Waals surface area contributed by atoms with E-state index in [1.807, 2.05) is 30.3 Å². The van der Waals surface area contributed by atoms with E-state index in [4.69, 9.17) is 5.11 Å². The largest absolute Gasteiger partial charge is 0.481 e. The number of aliphatic carboxylic acids is 1. The predicted molar refractivity (Wildman–Crippen MR) is 68.0 cm³/mol. The van der Waals surface area contributed by atoms with Crippen LogP contribution in [0.25, 0.3) is 0 Å². The van der Waals surface area contributed by atoms with Crippen LogP contribution in [0.4, 0.5) is 0 Å². The summed E-state index contributed by atoms with van der Waals surface area (Å²) < 4.78 is 0. The maximum absolute atomic E-state index is 11.2. The molecule has 5 nitrogen and oxygen atoms in total. The Morgan fingerprint density at radius 2 is 1.78 bits per heavy atom. The molecule has 0 radical (unpaired) electrons. The van der Waals surface area contributed by atoms with Crippen molar-refractivity contribution in [3.8, 4) is 0 Å². The third-order valence-electron chi connectivity index (χ3n) is 2.36. The normalized spacial score (nSPS) is 10.0. The second-order valence-corrected chi connectivity index (χ2v) is 3.91. The number of amides is 1. The Labute approximate surface area is 106 Å². The Balaban J connectivity index is 2.02. The lowest BCUT2D eigenvalue weighted by molar-refractivity contribution is -0.138. The maximum atomic E-state index is 11.2. The zero-order valence-corrected chi connectivity index (χ0v) is 10.2. The van der Waals surface area contributed by atoms with E-state index in [0.717, 1.165) is 6.54 Å². The zero-order chi connectivity index (χ0) is 13.2. The summed E-state index contributed by atoms with van der Waals surface area (Å²) in [4.78, 5) is 21.4. The molecule has 0 heterocycles. The van der Waals surface area contributed by atoms with E-state index >= 15 is 0 Å². The molecule has 0 saturated carbocycles. The first-order chi connectivity index (χ1) is 8.68. The van der Waals surface area contributed by atoms with Crippen LogP contribution >= 0.6 is 0 Å². The van der Waals surface area contributed by atoms with E-state index in [1.165, 1.54) is 5.56 Å². The summed E-state index contributed by atoms with van der Waals surface area (Å²) in [5, 5.41) is 14.3. The summed E-state index contributed by atoms with van der Waals surface area (Å²) >= 11 is 0. The fourth-order valence-corrected chi connectivity index (χ4v) is 1.43. The van der Waals surface area contributed by atoms with Crippen molar-refractivity contribution in [2.75, 3.05) is 13.1 Å². The van der Waals surface area contributed by atoms with Gasteiger partial charge in [0.05, 0.1) is 6.42 Å². The third kappa shape index (κ3) is 6.65. The van der Waals surface area contributed by atoms with Gasteiger partial charge in [-0.1, -0.05) is 30.3 Å². The van der Waals surface area contributed by atoms with Gasteiger partial charge < -0.3 is 15.7 Å². The highest BCUT2D eigenvalue weighted by atomic mass is 16.4. The van der Waals surface area contributed by atoms with Crippen molar-refractivity contribution >= 4 is 11.9 Å². The van der Waals surface area contributed by atoms with Gasteiger partial charge in [-0.2, -0.15) is 0 Å². The van der Waals surface area contributed by atoms with Crippen LogP contribution in [0.1, 0.15) is 18.4 Å². The first-order valence-electron chi connectivity index (χ1n) is 5.91. The minimum atomic E-state index is -0.952. The number of hydrogen-bond donors (Lipinski definition) is 3. The predicted octanol–water partition coefficient (Wildman–Crippen LogP) is 0.757. The van der Waals surface area contributed by atoms with Crippen molar-refractivity contribution in [3.05, 3.63) is 35.9 Å². The molecule has 0 atom stereocenters. The number of hydrogen-bond acceptors (Lipinski definition) is 3. The van der Waals surface area contributed by atoms with Crippen LogP contribution in [-0.2, 0) is 16.1 Å². The molecule has 0 saturated heterocycles. The molecule has 1 amide bonds. The fourth-order valence-electron chi connectivity index (χ4n) is 1.43. The summed E-state index contributed by atoms with van der Waals surface area (Å²) in [6, 6.07) is 9.97. The van der Waals surface area contributed by atoms with E-state index in [1.54, 1.807) is 0 Å². The Kier molecular flexibility index (Phi) is 6.50. The van der Waals surface area contributed by atoms with Crippen molar-refractivity contribution in [2.24, 2.45) is 0 Å². The Bertz CT molecular complexity index is 379. The van der Waals surface area contributed by atoms with Gasteiger partial charge in [-0.3, -0.25) is 9.59 Å². The van der Waals surface area contributed by atoms with Crippen LogP contribution in [0, 0.1) is 0 Å². The lowest BCUT2D eigenvalue weighted by atomic mass is 10.2. The highest BCUT2D eigenvalue weighted by Crippen LogP contribution is 1.96. The summed E-state index contributed by atoms with van der Waals surface area (Å²) in [6.07, 6.45) is -0.0860. The molecule has 0 aromatic heterocycles. The molecule has 1 rings (SSSR count). The van der Waals surface area contributed by atoms with Crippen molar-refractivity contribution in [3.63, 3.8) is 0 Å². The standard InChI is InChI=1S/C13H18N2O3/c16-12(6-7-13(17)18)15-9-8-14-10-11-4-2-1-3-5-11/h1-5,14H,6-10H2,(H,15,16)(H,17,18). The Morgan fingerprint density at radius 3 is 2.44 bits per heavy atom. The second kappa shape index (κ2) is 8.25. The number of benzene rings is 1. The quantitative estimate of drug-likeness (QED) is 0.595. The molecular weight excluding hydrogens is 232 g/mol. The molecule has 98 valence electrons. The summed E-state index contributed by atoms with van der Waals surface area (Å²) in [6.45, 7) is 1.92. The fraction of sp³-hybridized carbons (Fsp3) is 0.385. The first kappa shape index (κ1) is 14.2. The van der Waals surface area contributed by atoms with Crippen LogP contribution in [0.3, 0.4) is 0 Å². The van der Waals surface area contributed by atoms with Gasteiger partial charge >= 0.3 is 5.97 Å². The molecule has 0 fully saturated rings. The number of carboxylic acid groups (broad SMARTS) is 1. The van der Waals surface area contributed by atoms with Gasteiger partial charge in [0.1, 0.15) is 0 Å². The molecule has 0 spiro atoms. The Morgan fingerprint density at radius 1 is 1.06 bits per heavy atom. The first-order valence-corrected chi connectivity index (χ1v) is 5.91. The molecule has 3 N–H and O–H groups in total. The van der Waals surface area contributed by atoms with Crippen LogP contribution < -0.4 is 10.6 Å². The maximum Gasteiger partial charge on any atom is 0.303 e. The molecule has 1 aromatic carbocycles. The van der Waals surface area contributed by atoms with Crippen molar-refractivity contribution in [2.45, 2.75) is 19.4 Å². The van der Waals surface area contributed by atoms with E-state index in [2.05, 4.69) is 10.6 Å². The number of carbonyl (C=O) groups excluding carboxylic acids is 1. The third-order valence-corrected chi connectivity index (χ3v) is 2.36. The number of carbonyl (C=O) groups is 2. The highest BCUT2D eigenvalue weighted by molar-refractivity contribution is 5.80. The van der Waals surface area contributed by atoms with Gasteiger partial charge in [0.2, 0.25) is 5.91 Å². The monoisotopic (exact) mass is 250 g/mol. The summed E-state index contributed by atoms with van der Waals surface area (Å²) in [5.74, 6) is -1.17. The number of rotatable bonds is 8. The topological polar surface area (TPSA) is 78.4 Å². The number of carboxylic acids is 1. The van der Waals surface area contributed by atoms with E-state index < -0.39 is 5.97 Å². The van der Waals surface area contributed by atoms with E-state index in [-0.39, 0.29) is 18.7 Å². The molecule has 0 aliphatic heterocycles. The van der Waals surface area contributed by atoms with Gasteiger partial charge in [-0.15, -0.1) is 0 Å². The molecule has 0 aliphatic rings. The van der Waals surface area contributed by atoms with E-state index in [0.29, 0.717) is 13.1 Å². The van der Waals surface area contributed by atoms with Crippen molar-refractivity contribution in [1.29, 1.82) is 0 Å². The zero-order valence-electron chi connectivity index (χ0n) is 10.2. The Hall–Kier alpha value is -1.88. The highest BCUT2D eigenvalue weighted by Gasteiger charge is 2.03. The molecule has 0 unspecified atom stereocenters. The van der Waals surface area contributed by atoms with Gasteiger partial charge in [-0.05, 0) is 5.56 Å². The smallest absolute Gasteiger partial charge is 0.303 e. The van der Waals surface area contributed by atoms with Crippen LogP contribution in [0.2, 0.25) is 0 Å². The van der Waals surface area contributed by atoms with Gasteiger partial charge in [0.25, 0.3) is 0 Å². The second-order valence-electron chi connectivity index (χ2n) is 3.91. The van der Waals surface area contributed by atoms with E-state index in [9.17, 15) is 9.59 Å². The summed E-state index contributed by atoms with van der Waals surface area (Å²) in [5.41, 5.74) is 1.19. The minimum absolute atomic E-state index is 0.0357. The van der Waals surface area contributed by atoms with Crippen LogP contribution in [-0.4, -0.2) is 30.1 Å². The minimum Gasteiger partial charge on any atom is -0.481 e. The molecule has 1 aromatic rings. The average molecular weight is 250 g/mol. The molecule has 5 heteroatoms. The van der Waals surface area contributed by atoms with Gasteiger partial charge in [-0.25, -0.2) is 0 Å². The summed E-state index contributed by atoms with van der Waals surface area (Å²) in [7, 11) is 0. The molecule has 0 bridgehead atoms. The van der Waals surface area contributed by atoms with Crippen LogP contribution in [0.15, 0.2) is 30.3 Å². The van der Waals surface area contributed by atoms with Gasteiger partial charge in [0, 0.05) is 26.1 Å². The molecule has 18 heavy (non-hydrogen) atoms. The van der Waals surface area contributed by atoms with Crippen molar-refractivity contribution < 1.29 is 14.7 Å². The molecule has 0 aliphatic carbocycles.